The van der Waals surface area contributed by atoms with Crippen molar-refractivity contribution in [1.82, 2.24) is 0 Å². The Morgan fingerprint density at radius 2 is 1.69 bits per heavy atom. The van der Waals surface area contributed by atoms with Crippen molar-refractivity contribution >= 4 is 0 Å². The second-order valence-corrected chi connectivity index (χ2v) is 2.73. The van der Waals surface area contributed by atoms with Gasteiger partial charge in [0.05, 0.1) is 0 Å². The molecule has 74 valence electrons. The van der Waals surface area contributed by atoms with Gasteiger partial charge in [0.25, 0.3) is 0 Å². The van der Waals surface area contributed by atoms with Crippen LogP contribution < -0.4 is 0 Å². The van der Waals surface area contributed by atoms with E-state index in [4.69, 9.17) is 0 Å². The van der Waals surface area contributed by atoms with Gasteiger partial charge in [-0.3, -0.25) is 0 Å². The molecule has 0 nitrogen and oxygen atoms in total. The van der Waals surface area contributed by atoms with Crippen molar-refractivity contribution < 1.29 is 0 Å². The van der Waals surface area contributed by atoms with E-state index in [1.54, 1.807) is 6.08 Å². The van der Waals surface area contributed by atoms with E-state index >= 15 is 0 Å². The number of allylic oxidation sites excluding steroid dienone is 6. The molecule has 0 aliphatic heterocycles. The van der Waals surface area contributed by atoms with Gasteiger partial charge < -0.3 is 0 Å². The molecule has 0 spiro atoms. The average molecular weight is 178 g/mol. The third-order valence-electron chi connectivity index (χ3n) is 1.15. The fourth-order valence-electron chi connectivity index (χ4n) is 0.551. The minimum atomic E-state index is 1.10. The van der Waals surface area contributed by atoms with Crippen LogP contribution in [-0.2, 0) is 0 Å². The highest BCUT2D eigenvalue weighted by Gasteiger charge is 1.67. The fraction of sp³-hybridized carbons (Fsp3) is 0.385. The van der Waals surface area contributed by atoms with Crippen LogP contribution in [0.2, 0.25) is 0 Å². The van der Waals surface area contributed by atoms with Gasteiger partial charge in [0.2, 0.25) is 0 Å². The third kappa shape index (κ3) is 24.8. The van der Waals surface area contributed by atoms with Crippen LogP contribution in [0.4, 0.5) is 0 Å². The number of rotatable bonds is 4. The van der Waals surface area contributed by atoms with E-state index in [0.29, 0.717) is 0 Å². The smallest absolute Gasteiger partial charge is 0.0376 e. The summed E-state index contributed by atoms with van der Waals surface area (Å²) in [5, 5.41) is 0. The Kier molecular flexibility index (Phi) is 15.1. The molecule has 0 bridgehead atoms. The molecular weight excluding hydrogens is 156 g/mol. The first-order valence-electron chi connectivity index (χ1n) is 4.78. The molecule has 0 aliphatic rings. The van der Waals surface area contributed by atoms with Crippen molar-refractivity contribution in [3.8, 4) is 0 Å². The van der Waals surface area contributed by atoms with Gasteiger partial charge in [-0.2, -0.15) is 0 Å². The highest BCUT2D eigenvalue weighted by molar-refractivity contribution is 5.10. The predicted octanol–water partition coefficient (Wildman–Crippen LogP) is 4.67. The average Bonchev–Trinajstić information content (AvgIpc) is 2.12. The first-order chi connectivity index (χ1) is 6.18. The van der Waals surface area contributed by atoms with E-state index in [-0.39, 0.29) is 0 Å². The van der Waals surface area contributed by atoms with Gasteiger partial charge in [0, 0.05) is 0 Å². The molecule has 0 heterocycles. The zero-order chi connectivity index (χ0) is 10.5. The van der Waals surface area contributed by atoms with Crippen molar-refractivity contribution in [2.24, 2.45) is 0 Å². The van der Waals surface area contributed by atoms with E-state index in [9.17, 15) is 0 Å². The van der Waals surface area contributed by atoms with Gasteiger partial charge in [0.1, 0.15) is 0 Å². The van der Waals surface area contributed by atoms with E-state index < -0.39 is 0 Å². The van der Waals surface area contributed by atoms with E-state index in [1.165, 1.54) is 0 Å². The Labute approximate surface area is 83.4 Å². The summed E-state index contributed by atoms with van der Waals surface area (Å²) in [6.07, 6.45) is 12.1. The molecule has 0 saturated carbocycles. The Morgan fingerprint density at radius 3 is 1.85 bits per heavy atom. The molecule has 0 fully saturated rings. The van der Waals surface area contributed by atoms with Crippen molar-refractivity contribution in [3.63, 3.8) is 0 Å². The molecule has 0 aromatic carbocycles. The van der Waals surface area contributed by atoms with Gasteiger partial charge in [0.15, 0.2) is 0 Å². The van der Waals surface area contributed by atoms with Gasteiger partial charge in [-0.15, -0.1) is 0 Å². The second-order valence-electron chi connectivity index (χ2n) is 2.73. The van der Waals surface area contributed by atoms with Gasteiger partial charge in [-0.1, -0.05) is 63.0 Å². The van der Waals surface area contributed by atoms with Gasteiger partial charge >= 0.3 is 0 Å². The molecule has 0 saturated heterocycles. The molecule has 0 aromatic heterocycles. The first kappa shape index (κ1) is 14.5. The lowest BCUT2D eigenvalue weighted by atomic mass is 10.3. The maximum Gasteiger partial charge on any atom is -0.0376 e. The SMILES string of the molecule is C=C(C)C=CCC.C=CC=CCC. The molecule has 0 atom stereocenters. The summed E-state index contributed by atoms with van der Waals surface area (Å²) in [5.74, 6) is 0. The van der Waals surface area contributed by atoms with E-state index in [2.05, 4.69) is 39.2 Å². The quantitative estimate of drug-likeness (QED) is 0.549. The summed E-state index contributed by atoms with van der Waals surface area (Å²) in [6, 6.07) is 0. The van der Waals surface area contributed by atoms with Crippen molar-refractivity contribution in [1.29, 1.82) is 0 Å². The molecule has 0 aromatic rings. The maximum absolute atomic E-state index is 3.71. The lowest BCUT2D eigenvalue weighted by Crippen LogP contribution is -1.58. The Hall–Kier alpha value is -1.04. The van der Waals surface area contributed by atoms with Gasteiger partial charge in [-0.05, 0) is 19.8 Å². The Morgan fingerprint density at radius 1 is 1.15 bits per heavy atom. The largest absolute Gasteiger partial charge is 0.0991 e. The van der Waals surface area contributed by atoms with Crippen LogP contribution in [0.25, 0.3) is 0 Å². The molecule has 0 N–H and O–H groups in total. The predicted molar refractivity (Wildman–Crippen MR) is 63.9 cm³/mol. The summed E-state index contributed by atoms with van der Waals surface area (Å²) in [4.78, 5) is 0. The number of hydrogen-bond donors (Lipinski definition) is 0. The van der Waals surface area contributed by atoms with Crippen molar-refractivity contribution in [2.75, 3.05) is 0 Å². The Bertz CT molecular complexity index is 170. The Balaban J connectivity index is 0. The van der Waals surface area contributed by atoms with E-state index in [0.717, 1.165) is 18.4 Å². The lowest BCUT2D eigenvalue weighted by Gasteiger charge is -1.79. The highest BCUT2D eigenvalue weighted by Crippen LogP contribution is 1.89. The summed E-state index contributed by atoms with van der Waals surface area (Å²) >= 11 is 0. The topological polar surface area (TPSA) is 0 Å². The number of hydrogen-bond acceptors (Lipinski definition) is 0. The molecule has 0 radical (unpaired) electrons. The molecule has 0 heteroatoms. The fourth-order valence-corrected chi connectivity index (χ4v) is 0.551. The van der Waals surface area contributed by atoms with Crippen molar-refractivity contribution in [3.05, 3.63) is 49.1 Å². The third-order valence-corrected chi connectivity index (χ3v) is 1.15. The van der Waals surface area contributed by atoms with Crippen LogP contribution in [0, 0.1) is 0 Å². The second kappa shape index (κ2) is 13.5. The first-order valence-corrected chi connectivity index (χ1v) is 4.78. The van der Waals surface area contributed by atoms with Crippen LogP contribution in [-0.4, -0.2) is 0 Å². The molecular formula is C13H22. The van der Waals surface area contributed by atoms with Crippen LogP contribution >= 0.6 is 0 Å². The van der Waals surface area contributed by atoms with Crippen molar-refractivity contribution in [2.45, 2.75) is 33.6 Å². The van der Waals surface area contributed by atoms with Crippen LogP contribution in [0.1, 0.15) is 33.6 Å². The standard InChI is InChI=1S/C7H12.C6H10/c1-4-5-6-7(2)3;1-3-5-6-4-2/h5-6H,2,4H2,1,3H3;3,5-6H,1,4H2,2H3. The van der Waals surface area contributed by atoms with Crippen LogP contribution in [0.3, 0.4) is 0 Å². The molecule has 0 unspecified atom stereocenters. The van der Waals surface area contributed by atoms with Gasteiger partial charge in [-0.25, -0.2) is 0 Å². The normalized spacial score (nSPS) is 9.77. The lowest BCUT2D eigenvalue weighted by molar-refractivity contribution is 1.22. The van der Waals surface area contributed by atoms with Crippen LogP contribution in [0.5, 0.6) is 0 Å². The minimum absolute atomic E-state index is 1.10. The molecule has 0 aliphatic carbocycles. The van der Waals surface area contributed by atoms with E-state index in [1.807, 2.05) is 19.1 Å². The maximum atomic E-state index is 3.71. The highest BCUT2D eigenvalue weighted by atomic mass is 13.7. The summed E-state index contributed by atoms with van der Waals surface area (Å²) < 4.78 is 0. The minimum Gasteiger partial charge on any atom is -0.0991 e. The summed E-state index contributed by atoms with van der Waals surface area (Å²) in [7, 11) is 0. The monoisotopic (exact) mass is 178 g/mol. The molecule has 13 heavy (non-hydrogen) atoms. The summed E-state index contributed by atoms with van der Waals surface area (Å²) in [5.41, 5.74) is 1.13. The zero-order valence-electron chi connectivity index (χ0n) is 9.22. The zero-order valence-corrected chi connectivity index (χ0v) is 9.22. The van der Waals surface area contributed by atoms with Crippen LogP contribution in [0.15, 0.2) is 49.1 Å². The summed E-state index contributed by atoms with van der Waals surface area (Å²) in [6.45, 7) is 13.4. The molecule has 0 rings (SSSR count). The molecule has 0 amide bonds.